The van der Waals surface area contributed by atoms with E-state index in [4.69, 9.17) is 4.74 Å². The van der Waals surface area contributed by atoms with Crippen molar-refractivity contribution >= 4 is 15.9 Å². The minimum Gasteiger partial charge on any atom is -0.369 e. The van der Waals surface area contributed by atoms with Crippen LogP contribution in [0.1, 0.15) is 51.7 Å². The first kappa shape index (κ1) is 17.0. The van der Waals surface area contributed by atoms with Gasteiger partial charge >= 0.3 is 0 Å². The summed E-state index contributed by atoms with van der Waals surface area (Å²) in [5.74, 6) is 0.744. The Bertz CT molecular complexity index is 460. The van der Waals surface area contributed by atoms with Crippen molar-refractivity contribution in [3.8, 4) is 0 Å². The third kappa shape index (κ3) is 4.80. The highest BCUT2D eigenvalue weighted by Gasteiger charge is 2.34. The summed E-state index contributed by atoms with van der Waals surface area (Å²) >= 11 is 3.66. The van der Waals surface area contributed by atoms with Crippen molar-refractivity contribution in [1.29, 1.82) is 0 Å². The zero-order valence-electron chi connectivity index (χ0n) is 13.7. The molecule has 118 valence electrons. The first-order valence-electron chi connectivity index (χ1n) is 7.96. The Kier molecular flexibility index (Phi) is 5.87. The molecule has 1 aromatic carbocycles. The summed E-state index contributed by atoms with van der Waals surface area (Å²) in [6.07, 6.45) is 4.10. The maximum atomic E-state index is 6.51. The summed E-state index contributed by atoms with van der Waals surface area (Å²) in [6.45, 7) is 7.92. The van der Waals surface area contributed by atoms with Gasteiger partial charge in [0.25, 0.3) is 0 Å². The molecule has 1 saturated carbocycles. The van der Waals surface area contributed by atoms with E-state index >= 15 is 0 Å². The van der Waals surface area contributed by atoms with E-state index in [1.54, 1.807) is 0 Å². The number of ether oxygens (including phenoxy) is 1. The first-order valence-corrected chi connectivity index (χ1v) is 8.75. The summed E-state index contributed by atoms with van der Waals surface area (Å²) < 4.78 is 7.64. The van der Waals surface area contributed by atoms with Crippen LogP contribution in [0.3, 0.4) is 0 Å². The van der Waals surface area contributed by atoms with E-state index in [9.17, 15) is 0 Å². The molecule has 1 N–H and O–H groups in total. The Balaban J connectivity index is 2.11. The number of hydrogen-bond donors (Lipinski definition) is 1. The molecule has 0 bridgehead atoms. The smallest absolute Gasteiger partial charge is 0.0963 e. The number of halogens is 1. The van der Waals surface area contributed by atoms with Crippen LogP contribution in [-0.4, -0.2) is 19.7 Å². The van der Waals surface area contributed by atoms with Gasteiger partial charge in [-0.05, 0) is 49.3 Å². The number of likely N-dealkylation sites (N-methyl/N-ethyl adjacent to an activating group) is 1. The van der Waals surface area contributed by atoms with Gasteiger partial charge in [0.2, 0.25) is 0 Å². The van der Waals surface area contributed by atoms with E-state index in [2.05, 4.69) is 66.3 Å². The predicted octanol–water partition coefficient (Wildman–Crippen LogP) is 4.94. The highest BCUT2D eigenvalue weighted by Crippen LogP contribution is 2.41. The fourth-order valence-corrected chi connectivity index (χ4v) is 4.29. The van der Waals surface area contributed by atoms with Gasteiger partial charge in [-0.1, -0.05) is 54.9 Å². The number of hydrogen-bond acceptors (Lipinski definition) is 2. The fraction of sp³-hybridized carbons (Fsp3) is 0.667. The Labute approximate surface area is 137 Å². The van der Waals surface area contributed by atoms with E-state index in [1.807, 2.05) is 7.05 Å². The Morgan fingerprint density at radius 1 is 1.33 bits per heavy atom. The summed E-state index contributed by atoms with van der Waals surface area (Å²) in [4.78, 5) is 0. The number of nitrogens with one attached hydrogen (secondary N) is 1. The van der Waals surface area contributed by atoms with Crippen LogP contribution >= 0.6 is 15.9 Å². The molecule has 0 saturated heterocycles. The molecular weight excluding hydrogens is 326 g/mol. The van der Waals surface area contributed by atoms with Crippen molar-refractivity contribution in [2.24, 2.45) is 11.3 Å². The highest BCUT2D eigenvalue weighted by molar-refractivity contribution is 9.10. The molecule has 0 radical (unpaired) electrons. The minimum absolute atomic E-state index is 0.108. The van der Waals surface area contributed by atoms with E-state index in [-0.39, 0.29) is 6.10 Å². The van der Waals surface area contributed by atoms with Gasteiger partial charge in [0.05, 0.1) is 12.2 Å². The van der Waals surface area contributed by atoms with E-state index in [1.165, 1.54) is 18.4 Å². The molecule has 3 atom stereocenters. The average Bonchev–Trinajstić information content (AvgIpc) is 2.36. The molecule has 0 heterocycles. The molecule has 21 heavy (non-hydrogen) atoms. The maximum absolute atomic E-state index is 6.51. The lowest BCUT2D eigenvalue weighted by Gasteiger charge is -2.40. The van der Waals surface area contributed by atoms with Crippen LogP contribution in [0.4, 0.5) is 0 Å². The highest BCUT2D eigenvalue weighted by atomic mass is 79.9. The molecule has 2 nitrogen and oxygen atoms in total. The van der Waals surface area contributed by atoms with Gasteiger partial charge < -0.3 is 10.1 Å². The van der Waals surface area contributed by atoms with Crippen LogP contribution < -0.4 is 5.32 Å². The molecule has 2 rings (SSSR count). The zero-order chi connectivity index (χ0) is 15.5. The van der Waals surface area contributed by atoms with E-state index in [0.29, 0.717) is 11.5 Å². The van der Waals surface area contributed by atoms with Crippen molar-refractivity contribution in [2.75, 3.05) is 13.6 Å². The zero-order valence-corrected chi connectivity index (χ0v) is 15.2. The van der Waals surface area contributed by atoms with Gasteiger partial charge in [-0.2, -0.15) is 0 Å². The molecule has 3 unspecified atom stereocenters. The molecule has 1 fully saturated rings. The summed E-state index contributed by atoms with van der Waals surface area (Å²) in [6, 6.07) is 8.38. The number of benzene rings is 1. The molecule has 1 aromatic rings. The van der Waals surface area contributed by atoms with Crippen LogP contribution in [0.15, 0.2) is 28.7 Å². The largest absolute Gasteiger partial charge is 0.369 e. The predicted molar refractivity (Wildman–Crippen MR) is 92.5 cm³/mol. The molecule has 1 aliphatic carbocycles. The lowest BCUT2D eigenvalue weighted by atomic mass is 9.71. The van der Waals surface area contributed by atoms with Gasteiger partial charge in [-0.15, -0.1) is 0 Å². The Morgan fingerprint density at radius 2 is 2.05 bits per heavy atom. The first-order chi connectivity index (χ1) is 9.91. The van der Waals surface area contributed by atoms with Crippen LogP contribution in [0, 0.1) is 11.3 Å². The third-order valence-electron chi connectivity index (χ3n) is 4.34. The van der Waals surface area contributed by atoms with Crippen molar-refractivity contribution in [3.05, 3.63) is 34.3 Å². The Hall–Kier alpha value is -0.380. The quantitative estimate of drug-likeness (QED) is 0.809. The standard InChI is InChI=1S/C18H28BrNO/c1-13-9-14(11-18(2,3)10-13)21-17(12-20-4)15-7-5-6-8-16(15)19/h5-8,13-14,17,20H,9-12H2,1-4H3. The normalized spacial score (nSPS) is 26.5. The second-order valence-electron chi connectivity index (χ2n) is 7.24. The maximum Gasteiger partial charge on any atom is 0.0963 e. The SMILES string of the molecule is CNCC(OC1CC(C)CC(C)(C)C1)c1ccccc1Br. The lowest BCUT2D eigenvalue weighted by molar-refractivity contribution is -0.0658. The monoisotopic (exact) mass is 353 g/mol. The van der Waals surface area contributed by atoms with Crippen LogP contribution in [-0.2, 0) is 4.74 Å². The molecule has 0 spiro atoms. The topological polar surface area (TPSA) is 21.3 Å². The third-order valence-corrected chi connectivity index (χ3v) is 5.07. The summed E-state index contributed by atoms with van der Waals surface area (Å²) in [7, 11) is 1.99. The average molecular weight is 354 g/mol. The van der Waals surface area contributed by atoms with E-state index < -0.39 is 0 Å². The second kappa shape index (κ2) is 7.26. The number of rotatable bonds is 5. The van der Waals surface area contributed by atoms with Gasteiger partial charge in [-0.25, -0.2) is 0 Å². The molecule has 0 aromatic heterocycles. The van der Waals surface area contributed by atoms with Gasteiger partial charge in [0.1, 0.15) is 0 Å². The molecular formula is C18H28BrNO. The van der Waals surface area contributed by atoms with Gasteiger partial charge in [0.15, 0.2) is 0 Å². The van der Waals surface area contributed by atoms with Crippen LogP contribution in [0.25, 0.3) is 0 Å². The van der Waals surface area contributed by atoms with Crippen LogP contribution in [0.5, 0.6) is 0 Å². The fourth-order valence-electron chi connectivity index (χ4n) is 3.75. The van der Waals surface area contributed by atoms with Gasteiger partial charge in [0, 0.05) is 11.0 Å². The molecule has 3 heteroatoms. The minimum atomic E-state index is 0.108. The molecule has 0 amide bonds. The summed E-state index contributed by atoms with van der Waals surface area (Å²) in [5.41, 5.74) is 1.63. The van der Waals surface area contributed by atoms with Crippen molar-refractivity contribution in [2.45, 2.75) is 52.2 Å². The van der Waals surface area contributed by atoms with Crippen molar-refractivity contribution < 1.29 is 4.74 Å². The molecule has 0 aliphatic heterocycles. The summed E-state index contributed by atoms with van der Waals surface area (Å²) in [5, 5.41) is 3.27. The van der Waals surface area contributed by atoms with Gasteiger partial charge in [-0.3, -0.25) is 0 Å². The Morgan fingerprint density at radius 3 is 2.67 bits per heavy atom. The molecule has 1 aliphatic rings. The lowest BCUT2D eigenvalue weighted by Crippen LogP contribution is -2.35. The van der Waals surface area contributed by atoms with Crippen molar-refractivity contribution in [3.63, 3.8) is 0 Å². The van der Waals surface area contributed by atoms with Crippen molar-refractivity contribution in [1.82, 2.24) is 5.32 Å². The second-order valence-corrected chi connectivity index (χ2v) is 8.09. The van der Waals surface area contributed by atoms with E-state index in [0.717, 1.165) is 23.4 Å². The van der Waals surface area contributed by atoms with Crippen LogP contribution in [0.2, 0.25) is 0 Å².